The van der Waals surface area contributed by atoms with E-state index in [9.17, 15) is 0 Å². The molecule has 4 nitrogen and oxygen atoms in total. The molecule has 0 saturated heterocycles. The van der Waals surface area contributed by atoms with Crippen LogP contribution in [-0.2, 0) is 6.54 Å². The molecule has 0 fully saturated rings. The van der Waals surface area contributed by atoms with Crippen molar-refractivity contribution in [2.75, 3.05) is 7.11 Å². The predicted molar refractivity (Wildman–Crippen MR) is 70.3 cm³/mol. The summed E-state index contributed by atoms with van der Waals surface area (Å²) in [5.74, 6) is 0.876. The van der Waals surface area contributed by atoms with Crippen LogP contribution in [0.4, 0.5) is 0 Å². The Morgan fingerprint density at radius 1 is 1.33 bits per heavy atom. The molecular formula is C14H17N3O. The minimum Gasteiger partial charge on any atom is -0.497 e. The Kier molecular flexibility index (Phi) is 4.25. The number of hydrogen-bond donors (Lipinski definition) is 1. The first-order valence-electron chi connectivity index (χ1n) is 5.92. The second-order valence-electron chi connectivity index (χ2n) is 4.08. The van der Waals surface area contributed by atoms with Crippen molar-refractivity contribution in [1.29, 1.82) is 0 Å². The maximum Gasteiger partial charge on any atom is 0.119 e. The molecule has 0 spiro atoms. The van der Waals surface area contributed by atoms with Gasteiger partial charge in [0.05, 0.1) is 12.8 Å². The number of hydrogen-bond acceptors (Lipinski definition) is 4. The van der Waals surface area contributed by atoms with E-state index in [-0.39, 0.29) is 6.04 Å². The fourth-order valence-electron chi connectivity index (χ4n) is 1.71. The van der Waals surface area contributed by atoms with Crippen molar-refractivity contribution in [2.45, 2.75) is 19.5 Å². The molecule has 1 aromatic carbocycles. The van der Waals surface area contributed by atoms with Crippen LogP contribution in [0.3, 0.4) is 0 Å². The lowest BCUT2D eigenvalue weighted by Gasteiger charge is -2.14. The third kappa shape index (κ3) is 3.28. The zero-order valence-corrected chi connectivity index (χ0v) is 10.6. The van der Waals surface area contributed by atoms with E-state index in [1.165, 1.54) is 5.56 Å². The maximum absolute atomic E-state index is 5.22. The zero-order valence-electron chi connectivity index (χ0n) is 10.6. The molecule has 1 N–H and O–H groups in total. The van der Waals surface area contributed by atoms with Gasteiger partial charge in [-0.1, -0.05) is 12.1 Å². The summed E-state index contributed by atoms with van der Waals surface area (Å²) in [6.45, 7) is 2.82. The normalized spacial score (nSPS) is 12.1. The van der Waals surface area contributed by atoms with Crippen LogP contribution in [0.5, 0.6) is 5.75 Å². The van der Waals surface area contributed by atoms with Crippen molar-refractivity contribution in [3.63, 3.8) is 0 Å². The van der Waals surface area contributed by atoms with E-state index in [1.54, 1.807) is 25.7 Å². The van der Waals surface area contributed by atoms with Crippen molar-refractivity contribution in [2.24, 2.45) is 0 Å². The Labute approximate surface area is 107 Å². The summed E-state index contributed by atoms with van der Waals surface area (Å²) in [7, 11) is 1.68. The molecule has 4 heteroatoms. The van der Waals surface area contributed by atoms with Gasteiger partial charge in [-0.2, -0.15) is 0 Å². The van der Waals surface area contributed by atoms with Crippen LogP contribution in [0, 0.1) is 0 Å². The minimum absolute atomic E-state index is 0.238. The van der Waals surface area contributed by atoms with Crippen molar-refractivity contribution in [3.8, 4) is 5.75 Å². The van der Waals surface area contributed by atoms with Gasteiger partial charge in [0.2, 0.25) is 0 Å². The van der Waals surface area contributed by atoms with E-state index in [0.717, 1.165) is 11.4 Å². The van der Waals surface area contributed by atoms with Gasteiger partial charge in [0, 0.05) is 31.2 Å². The molecule has 0 radical (unpaired) electrons. The van der Waals surface area contributed by atoms with E-state index < -0.39 is 0 Å². The lowest BCUT2D eigenvalue weighted by molar-refractivity contribution is 0.413. The summed E-state index contributed by atoms with van der Waals surface area (Å²) < 4.78 is 5.22. The second-order valence-corrected chi connectivity index (χ2v) is 4.08. The highest BCUT2D eigenvalue weighted by Crippen LogP contribution is 2.18. The van der Waals surface area contributed by atoms with Crippen LogP contribution >= 0.6 is 0 Å². The van der Waals surface area contributed by atoms with Crippen LogP contribution in [0.15, 0.2) is 42.9 Å². The molecule has 0 aliphatic carbocycles. The smallest absolute Gasteiger partial charge is 0.119 e. The van der Waals surface area contributed by atoms with Gasteiger partial charge >= 0.3 is 0 Å². The molecule has 2 aromatic rings. The van der Waals surface area contributed by atoms with Crippen LogP contribution in [0.1, 0.15) is 24.2 Å². The number of rotatable bonds is 5. The molecule has 1 atom stereocenters. The van der Waals surface area contributed by atoms with Crippen LogP contribution in [0.2, 0.25) is 0 Å². The molecule has 0 saturated carbocycles. The van der Waals surface area contributed by atoms with Crippen molar-refractivity contribution in [3.05, 3.63) is 54.1 Å². The molecule has 0 bridgehead atoms. The second kappa shape index (κ2) is 6.12. The van der Waals surface area contributed by atoms with E-state index >= 15 is 0 Å². The first-order valence-corrected chi connectivity index (χ1v) is 5.92. The van der Waals surface area contributed by atoms with Gasteiger partial charge < -0.3 is 10.1 Å². The van der Waals surface area contributed by atoms with Crippen LogP contribution < -0.4 is 10.1 Å². The average molecular weight is 243 g/mol. The predicted octanol–water partition coefficient (Wildman–Crippen LogP) is 2.34. The molecule has 0 aliphatic heterocycles. The Morgan fingerprint density at radius 2 is 2.22 bits per heavy atom. The molecule has 0 unspecified atom stereocenters. The summed E-state index contributed by atoms with van der Waals surface area (Å²) in [5.41, 5.74) is 2.13. The van der Waals surface area contributed by atoms with Crippen molar-refractivity contribution >= 4 is 0 Å². The molecule has 1 heterocycles. The highest BCUT2D eigenvalue weighted by atomic mass is 16.5. The Morgan fingerprint density at radius 3 is 2.94 bits per heavy atom. The summed E-state index contributed by atoms with van der Waals surface area (Å²) in [4.78, 5) is 8.27. The van der Waals surface area contributed by atoms with E-state index in [4.69, 9.17) is 4.74 Å². The number of ether oxygens (including phenoxy) is 1. The van der Waals surface area contributed by atoms with Gasteiger partial charge in [-0.3, -0.25) is 9.97 Å². The molecule has 0 aliphatic rings. The topological polar surface area (TPSA) is 47.0 Å². The maximum atomic E-state index is 5.22. The highest BCUT2D eigenvalue weighted by Gasteiger charge is 2.06. The largest absolute Gasteiger partial charge is 0.497 e. The number of benzene rings is 1. The van der Waals surface area contributed by atoms with Gasteiger partial charge in [-0.15, -0.1) is 0 Å². The highest BCUT2D eigenvalue weighted by molar-refractivity contribution is 5.30. The minimum atomic E-state index is 0.238. The number of aromatic nitrogens is 2. The average Bonchev–Trinajstić information content (AvgIpc) is 2.46. The van der Waals surface area contributed by atoms with E-state index in [2.05, 4.69) is 28.3 Å². The molecule has 94 valence electrons. The van der Waals surface area contributed by atoms with Gasteiger partial charge in [-0.25, -0.2) is 0 Å². The molecule has 18 heavy (non-hydrogen) atoms. The number of nitrogens with zero attached hydrogens (tertiary/aromatic N) is 2. The van der Waals surface area contributed by atoms with Gasteiger partial charge in [0.1, 0.15) is 5.75 Å². The van der Waals surface area contributed by atoms with Gasteiger partial charge in [0.15, 0.2) is 0 Å². The summed E-state index contributed by atoms with van der Waals surface area (Å²) in [5, 5.41) is 3.41. The van der Waals surface area contributed by atoms with E-state index in [1.807, 2.05) is 18.2 Å². The Bertz CT molecular complexity index is 487. The third-order valence-electron chi connectivity index (χ3n) is 2.80. The van der Waals surface area contributed by atoms with Gasteiger partial charge in [-0.05, 0) is 24.6 Å². The Hall–Kier alpha value is -1.94. The molecule has 0 amide bonds. The SMILES string of the molecule is COc1cccc([C@H](C)NCc2cnccn2)c1. The Balaban J connectivity index is 1.97. The van der Waals surface area contributed by atoms with E-state index in [0.29, 0.717) is 6.54 Å². The molecular weight excluding hydrogens is 226 g/mol. The summed E-state index contributed by atoms with van der Waals surface area (Å²) in [6.07, 6.45) is 5.15. The first kappa shape index (κ1) is 12.5. The lowest BCUT2D eigenvalue weighted by atomic mass is 10.1. The van der Waals surface area contributed by atoms with Crippen LogP contribution in [-0.4, -0.2) is 17.1 Å². The summed E-state index contributed by atoms with van der Waals surface area (Å²) >= 11 is 0. The quantitative estimate of drug-likeness (QED) is 0.875. The van der Waals surface area contributed by atoms with Crippen LogP contribution in [0.25, 0.3) is 0 Å². The van der Waals surface area contributed by atoms with Gasteiger partial charge in [0.25, 0.3) is 0 Å². The fourth-order valence-corrected chi connectivity index (χ4v) is 1.71. The summed E-state index contributed by atoms with van der Waals surface area (Å²) in [6, 6.07) is 8.29. The first-order chi connectivity index (χ1) is 8.79. The fraction of sp³-hybridized carbons (Fsp3) is 0.286. The lowest BCUT2D eigenvalue weighted by Crippen LogP contribution is -2.18. The number of methoxy groups -OCH3 is 1. The monoisotopic (exact) mass is 243 g/mol. The zero-order chi connectivity index (χ0) is 12.8. The molecule has 1 aromatic heterocycles. The standard InChI is InChI=1S/C14H17N3O/c1-11(12-4-3-5-14(8-12)18-2)17-10-13-9-15-6-7-16-13/h3-9,11,17H,10H2,1-2H3/t11-/m0/s1. The van der Waals surface area contributed by atoms with Crippen molar-refractivity contribution in [1.82, 2.24) is 15.3 Å². The third-order valence-corrected chi connectivity index (χ3v) is 2.80. The molecule has 2 rings (SSSR count). The number of nitrogens with one attached hydrogen (secondary N) is 1. The van der Waals surface area contributed by atoms with Crippen molar-refractivity contribution < 1.29 is 4.74 Å².